The molecule has 1 rings (SSSR count). The standard InChI is InChI=1S/C16H30N4/c1-9-10-17-12-11(2)13(20-16(6,7)8)19-14(18-12)15(3,4)5/h9-10H2,1-8H3,(H2,17,18,19,20). The van der Waals surface area contributed by atoms with Crippen LogP contribution in [0.4, 0.5) is 11.6 Å². The molecular weight excluding hydrogens is 248 g/mol. The van der Waals surface area contributed by atoms with Crippen LogP contribution in [0.1, 0.15) is 66.3 Å². The van der Waals surface area contributed by atoms with Gasteiger partial charge in [-0.3, -0.25) is 0 Å². The topological polar surface area (TPSA) is 49.8 Å². The molecule has 1 aromatic heterocycles. The van der Waals surface area contributed by atoms with Gasteiger partial charge in [-0.1, -0.05) is 27.7 Å². The molecule has 0 spiro atoms. The Balaban J connectivity index is 3.27. The van der Waals surface area contributed by atoms with Gasteiger partial charge in [0.25, 0.3) is 0 Å². The van der Waals surface area contributed by atoms with Crippen molar-refractivity contribution in [3.63, 3.8) is 0 Å². The molecule has 4 heteroatoms. The van der Waals surface area contributed by atoms with E-state index in [0.29, 0.717) is 0 Å². The lowest BCUT2D eigenvalue weighted by Gasteiger charge is -2.26. The number of nitrogens with one attached hydrogen (secondary N) is 2. The molecule has 0 atom stereocenters. The Morgan fingerprint density at radius 3 is 1.95 bits per heavy atom. The molecule has 2 N–H and O–H groups in total. The average molecular weight is 278 g/mol. The molecule has 0 saturated heterocycles. The summed E-state index contributed by atoms with van der Waals surface area (Å²) in [6.07, 6.45) is 1.08. The van der Waals surface area contributed by atoms with Crippen LogP contribution in [0.5, 0.6) is 0 Å². The van der Waals surface area contributed by atoms with Crippen LogP contribution in [-0.4, -0.2) is 22.1 Å². The average Bonchev–Trinajstić information content (AvgIpc) is 2.27. The molecule has 1 heterocycles. The maximum Gasteiger partial charge on any atom is 0.138 e. The van der Waals surface area contributed by atoms with Crippen LogP contribution in [0, 0.1) is 6.92 Å². The second-order valence-electron chi connectivity index (χ2n) is 7.42. The minimum atomic E-state index is -0.0648. The quantitative estimate of drug-likeness (QED) is 0.870. The minimum Gasteiger partial charge on any atom is -0.370 e. The molecule has 0 radical (unpaired) electrons. The van der Waals surface area contributed by atoms with Crippen molar-refractivity contribution in [3.05, 3.63) is 11.4 Å². The fraction of sp³-hybridized carbons (Fsp3) is 0.750. The third-order valence-corrected chi connectivity index (χ3v) is 2.85. The van der Waals surface area contributed by atoms with Crippen LogP contribution in [0.15, 0.2) is 0 Å². The van der Waals surface area contributed by atoms with Crippen molar-refractivity contribution in [2.24, 2.45) is 0 Å². The van der Waals surface area contributed by atoms with Crippen LogP contribution in [-0.2, 0) is 5.41 Å². The predicted octanol–water partition coefficient (Wildman–Crippen LogP) is 4.11. The van der Waals surface area contributed by atoms with E-state index in [-0.39, 0.29) is 11.0 Å². The summed E-state index contributed by atoms with van der Waals surface area (Å²) in [5.41, 5.74) is 1.00. The molecule has 1 aromatic rings. The van der Waals surface area contributed by atoms with Gasteiger partial charge < -0.3 is 10.6 Å². The summed E-state index contributed by atoms with van der Waals surface area (Å²) >= 11 is 0. The normalized spacial score (nSPS) is 12.4. The molecule has 20 heavy (non-hydrogen) atoms. The van der Waals surface area contributed by atoms with E-state index in [1.807, 2.05) is 0 Å². The van der Waals surface area contributed by atoms with Crippen LogP contribution in [0.3, 0.4) is 0 Å². The first kappa shape index (κ1) is 16.7. The third kappa shape index (κ3) is 4.66. The largest absolute Gasteiger partial charge is 0.370 e. The Morgan fingerprint density at radius 2 is 1.50 bits per heavy atom. The molecule has 0 saturated carbocycles. The highest BCUT2D eigenvalue weighted by Crippen LogP contribution is 2.27. The first-order chi connectivity index (χ1) is 9.04. The summed E-state index contributed by atoms with van der Waals surface area (Å²) in [5, 5.41) is 6.90. The third-order valence-electron chi connectivity index (χ3n) is 2.85. The highest BCUT2D eigenvalue weighted by atomic mass is 15.1. The Bertz CT molecular complexity index is 453. The van der Waals surface area contributed by atoms with Crippen LogP contribution in [0.25, 0.3) is 0 Å². The van der Waals surface area contributed by atoms with Gasteiger partial charge >= 0.3 is 0 Å². The molecule has 114 valence electrons. The van der Waals surface area contributed by atoms with Crippen molar-refractivity contribution >= 4 is 11.6 Å². The minimum absolute atomic E-state index is 0.0176. The van der Waals surface area contributed by atoms with Crippen molar-refractivity contribution < 1.29 is 0 Å². The summed E-state index contributed by atoms with van der Waals surface area (Å²) < 4.78 is 0. The van der Waals surface area contributed by atoms with E-state index in [4.69, 9.17) is 9.97 Å². The molecule has 0 aromatic carbocycles. The van der Waals surface area contributed by atoms with Crippen molar-refractivity contribution in [1.82, 2.24) is 9.97 Å². The number of rotatable bonds is 4. The first-order valence-electron chi connectivity index (χ1n) is 7.46. The van der Waals surface area contributed by atoms with Gasteiger partial charge in [0.1, 0.15) is 17.5 Å². The van der Waals surface area contributed by atoms with Gasteiger partial charge in [-0.15, -0.1) is 0 Å². The summed E-state index contributed by atoms with van der Waals surface area (Å²) in [6.45, 7) is 18.0. The monoisotopic (exact) mass is 278 g/mol. The molecule has 0 unspecified atom stereocenters. The zero-order chi connectivity index (χ0) is 15.6. The van der Waals surface area contributed by atoms with E-state index in [0.717, 1.165) is 36.0 Å². The number of hydrogen-bond donors (Lipinski definition) is 2. The SMILES string of the molecule is CCCNc1nc(C(C)(C)C)nc(NC(C)(C)C)c1C. The Kier molecular flexibility index (Phi) is 5.00. The number of hydrogen-bond acceptors (Lipinski definition) is 4. The molecule has 0 aliphatic carbocycles. The molecule has 0 fully saturated rings. The van der Waals surface area contributed by atoms with Crippen LogP contribution < -0.4 is 10.6 Å². The van der Waals surface area contributed by atoms with Gasteiger partial charge in [0.15, 0.2) is 0 Å². The van der Waals surface area contributed by atoms with E-state index >= 15 is 0 Å². The van der Waals surface area contributed by atoms with E-state index in [1.54, 1.807) is 0 Å². The maximum absolute atomic E-state index is 4.74. The van der Waals surface area contributed by atoms with Crippen molar-refractivity contribution in [2.75, 3.05) is 17.2 Å². The number of anilines is 2. The van der Waals surface area contributed by atoms with Gasteiger partial charge in [-0.05, 0) is 34.1 Å². The molecule has 4 nitrogen and oxygen atoms in total. The van der Waals surface area contributed by atoms with Crippen molar-refractivity contribution in [3.8, 4) is 0 Å². The summed E-state index contributed by atoms with van der Waals surface area (Å²) in [7, 11) is 0. The van der Waals surface area contributed by atoms with Crippen molar-refractivity contribution in [2.45, 2.75) is 72.8 Å². The van der Waals surface area contributed by atoms with E-state index in [2.05, 4.69) is 66.0 Å². The fourth-order valence-corrected chi connectivity index (χ4v) is 1.74. The zero-order valence-corrected chi connectivity index (χ0v) is 14.3. The van der Waals surface area contributed by atoms with Gasteiger partial charge in [0.2, 0.25) is 0 Å². The Labute approximate surface area is 123 Å². The lowest BCUT2D eigenvalue weighted by molar-refractivity contribution is 0.543. The highest BCUT2D eigenvalue weighted by Gasteiger charge is 2.22. The summed E-state index contributed by atoms with van der Waals surface area (Å²) in [4.78, 5) is 9.44. The van der Waals surface area contributed by atoms with Gasteiger partial charge in [0, 0.05) is 23.1 Å². The summed E-state index contributed by atoms with van der Waals surface area (Å²) in [6, 6.07) is 0. The zero-order valence-electron chi connectivity index (χ0n) is 14.3. The molecular formula is C16H30N4. The van der Waals surface area contributed by atoms with Gasteiger partial charge in [-0.25, -0.2) is 9.97 Å². The second kappa shape index (κ2) is 5.98. The first-order valence-corrected chi connectivity index (χ1v) is 7.46. The highest BCUT2D eigenvalue weighted by molar-refractivity contribution is 5.58. The smallest absolute Gasteiger partial charge is 0.138 e. The van der Waals surface area contributed by atoms with Crippen LogP contribution in [0.2, 0.25) is 0 Å². The molecule has 0 aliphatic rings. The van der Waals surface area contributed by atoms with E-state index in [1.165, 1.54) is 0 Å². The summed E-state index contributed by atoms with van der Waals surface area (Å²) in [5.74, 6) is 2.74. The van der Waals surface area contributed by atoms with Crippen LogP contribution >= 0.6 is 0 Å². The van der Waals surface area contributed by atoms with E-state index in [9.17, 15) is 0 Å². The fourth-order valence-electron chi connectivity index (χ4n) is 1.74. The number of aromatic nitrogens is 2. The molecule has 0 amide bonds. The molecule has 0 bridgehead atoms. The maximum atomic E-state index is 4.74. The lowest BCUT2D eigenvalue weighted by Crippen LogP contribution is -2.29. The Hall–Kier alpha value is -1.32. The second-order valence-corrected chi connectivity index (χ2v) is 7.42. The predicted molar refractivity (Wildman–Crippen MR) is 87.6 cm³/mol. The Morgan fingerprint density at radius 1 is 0.950 bits per heavy atom. The number of nitrogens with zero attached hydrogens (tertiary/aromatic N) is 2. The lowest BCUT2D eigenvalue weighted by atomic mass is 9.95. The van der Waals surface area contributed by atoms with E-state index < -0.39 is 0 Å². The van der Waals surface area contributed by atoms with Crippen molar-refractivity contribution in [1.29, 1.82) is 0 Å². The molecule has 0 aliphatic heterocycles. The van der Waals surface area contributed by atoms with Gasteiger partial charge in [-0.2, -0.15) is 0 Å². The van der Waals surface area contributed by atoms with Gasteiger partial charge in [0.05, 0.1) is 0 Å².